The predicted molar refractivity (Wildman–Crippen MR) is 225 cm³/mol. The number of fused-ring (bicyclic) bond motifs is 9. The normalized spacial score (nSPS) is 11.6. The van der Waals surface area contributed by atoms with Crippen molar-refractivity contribution in [2.45, 2.75) is 0 Å². The lowest BCUT2D eigenvalue weighted by Crippen LogP contribution is -2.01. The summed E-state index contributed by atoms with van der Waals surface area (Å²) in [7, 11) is 0. The van der Waals surface area contributed by atoms with Crippen LogP contribution in [0.25, 0.3) is 111 Å². The zero-order valence-electron chi connectivity index (χ0n) is 29.5. The standard InChI is InChI=1S/C50H30N4O/c1-2-11-31(12-3-1)32-20-22-33(23-21-32)34-13-10-14-35(27-34)48-52-49(54-50(53-48)45-19-8-9-26-51-45)36-24-25-41-44-29-42-39-17-6-4-15-37(39)38-16-5-7-18-40(38)43(42)30-47(44)55-46(41)28-36/h1-30H. The summed E-state index contributed by atoms with van der Waals surface area (Å²) in [6.07, 6.45) is 1.76. The smallest absolute Gasteiger partial charge is 0.182 e. The van der Waals surface area contributed by atoms with Gasteiger partial charge in [0.1, 0.15) is 16.9 Å². The van der Waals surface area contributed by atoms with E-state index in [4.69, 9.17) is 19.4 Å². The predicted octanol–water partition coefficient (Wildman–Crippen LogP) is 13.0. The van der Waals surface area contributed by atoms with Gasteiger partial charge in [-0.3, -0.25) is 4.98 Å². The van der Waals surface area contributed by atoms with Crippen LogP contribution >= 0.6 is 0 Å². The Morgan fingerprint density at radius 3 is 1.49 bits per heavy atom. The zero-order chi connectivity index (χ0) is 36.3. The second-order valence-corrected chi connectivity index (χ2v) is 13.8. The van der Waals surface area contributed by atoms with Crippen LogP contribution in [0.5, 0.6) is 0 Å². The van der Waals surface area contributed by atoms with Gasteiger partial charge in [-0.25, -0.2) is 15.0 Å². The summed E-state index contributed by atoms with van der Waals surface area (Å²) in [5.41, 5.74) is 8.59. The van der Waals surface area contributed by atoms with E-state index in [9.17, 15) is 0 Å². The molecule has 0 aliphatic rings. The molecular weight excluding hydrogens is 673 g/mol. The van der Waals surface area contributed by atoms with Gasteiger partial charge in [0.05, 0.1) is 0 Å². The fourth-order valence-electron chi connectivity index (χ4n) is 7.88. The number of pyridine rings is 1. The lowest BCUT2D eigenvalue weighted by atomic mass is 9.93. The summed E-state index contributed by atoms with van der Waals surface area (Å²) in [5.74, 6) is 1.63. The molecule has 8 aromatic carbocycles. The Hall–Kier alpha value is -7.50. The molecule has 5 nitrogen and oxygen atoms in total. The van der Waals surface area contributed by atoms with E-state index in [1.165, 1.54) is 43.4 Å². The maximum atomic E-state index is 6.63. The molecule has 0 saturated heterocycles. The minimum absolute atomic E-state index is 0.507. The SMILES string of the molecule is c1ccc(-c2ccc(-c3cccc(-c4nc(-c5ccc6c(c5)oc5cc7c8ccccc8c8ccccc8c7cc56)nc(-c5ccccn5)n4)c3)cc2)cc1. The Labute approximate surface area is 316 Å². The Bertz CT molecular complexity index is 3250. The molecule has 3 heterocycles. The highest BCUT2D eigenvalue weighted by Crippen LogP contribution is 2.40. The summed E-state index contributed by atoms with van der Waals surface area (Å²) < 4.78 is 6.63. The first-order valence-corrected chi connectivity index (χ1v) is 18.4. The van der Waals surface area contributed by atoms with Gasteiger partial charge in [-0.05, 0) is 97.0 Å². The van der Waals surface area contributed by atoms with Crippen molar-refractivity contribution in [2.24, 2.45) is 0 Å². The minimum atomic E-state index is 0.507. The van der Waals surface area contributed by atoms with E-state index in [0.29, 0.717) is 23.2 Å². The summed E-state index contributed by atoms with van der Waals surface area (Å²) in [4.78, 5) is 19.6. The van der Waals surface area contributed by atoms with Crippen molar-refractivity contribution in [3.8, 4) is 56.5 Å². The lowest BCUT2D eigenvalue weighted by Gasteiger charge is -2.10. The van der Waals surface area contributed by atoms with Crippen molar-refractivity contribution < 1.29 is 4.42 Å². The van der Waals surface area contributed by atoms with Gasteiger partial charge in [0, 0.05) is 28.1 Å². The van der Waals surface area contributed by atoms with Crippen molar-refractivity contribution in [2.75, 3.05) is 0 Å². The van der Waals surface area contributed by atoms with Crippen LogP contribution in [0.2, 0.25) is 0 Å². The maximum Gasteiger partial charge on any atom is 0.182 e. The average molecular weight is 703 g/mol. The van der Waals surface area contributed by atoms with Gasteiger partial charge < -0.3 is 4.42 Å². The fraction of sp³-hybridized carbons (Fsp3) is 0. The van der Waals surface area contributed by atoms with Crippen LogP contribution in [0.3, 0.4) is 0 Å². The Morgan fingerprint density at radius 1 is 0.291 bits per heavy atom. The quantitative estimate of drug-likeness (QED) is 0.167. The molecule has 0 radical (unpaired) electrons. The molecular formula is C50H30N4O. The molecule has 0 bridgehead atoms. The van der Waals surface area contributed by atoms with Gasteiger partial charge in [-0.1, -0.05) is 133 Å². The second kappa shape index (κ2) is 12.6. The van der Waals surface area contributed by atoms with Crippen molar-refractivity contribution in [1.29, 1.82) is 0 Å². The van der Waals surface area contributed by atoms with Crippen LogP contribution in [0.15, 0.2) is 187 Å². The second-order valence-electron chi connectivity index (χ2n) is 13.8. The number of hydrogen-bond donors (Lipinski definition) is 0. The van der Waals surface area contributed by atoms with Gasteiger partial charge in [-0.15, -0.1) is 0 Å². The molecule has 0 aliphatic carbocycles. The van der Waals surface area contributed by atoms with Crippen LogP contribution in [0.1, 0.15) is 0 Å². The van der Waals surface area contributed by atoms with Gasteiger partial charge in [0.15, 0.2) is 17.5 Å². The monoisotopic (exact) mass is 702 g/mol. The number of benzene rings is 8. The summed E-state index contributed by atoms with van der Waals surface area (Å²) >= 11 is 0. The molecule has 256 valence electrons. The minimum Gasteiger partial charge on any atom is -0.456 e. The van der Waals surface area contributed by atoms with Crippen LogP contribution in [-0.2, 0) is 0 Å². The van der Waals surface area contributed by atoms with Crippen molar-refractivity contribution in [1.82, 2.24) is 19.9 Å². The Balaban J connectivity index is 1.04. The molecule has 0 spiro atoms. The third-order valence-corrected chi connectivity index (χ3v) is 10.6. The number of aromatic nitrogens is 4. The number of hydrogen-bond acceptors (Lipinski definition) is 5. The molecule has 11 rings (SSSR count). The Kier molecular flexibility index (Phi) is 7.10. The Morgan fingerprint density at radius 2 is 0.800 bits per heavy atom. The molecule has 0 saturated carbocycles. The van der Waals surface area contributed by atoms with Gasteiger partial charge in [0.2, 0.25) is 0 Å². The molecule has 3 aromatic heterocycles. The van der Waals surface area contributed by atoms with Crippen molar-refractivity contribution >= 4 is 54.3 Å². The highest BCUT2D eigenvalue weighted by molar-refractivity contribution is 6.28. The van der Waals surface area contributed by atoms with E-state index in [0.717, 1.165) is 44.2 Å². The molecule has 0 fully saturated rings. The van der Waals surface area contributed by atoms with E-state index in [-0.39, 0.29) is 0 Å². The average Bonchev–Trinajstić information content (AvgIpc) is 3.63. The molecule has 0 N–H and O–H groups in total. The van der Waals surface area contributed by atoms with Crippen molar-refractivity contribution in [3.05, 3.63) is 182 Å². The molecule has 0 amide bonds. The van der Waals surface area contributed by atoms with Crippen LogP contribution in [-0.4, -0.2) is 19.9 Å². The molecule has 0 unspecified atom stereocenters. The summed E-state index contributed by atoms with van der Waals surface area (Å²) in [6.45, 7) is 0. The molecule has 55 heavy (non-hydrogen) atoms. The summed E-state index contributed by atoms with van der Waals surface area (Å²) in [5, 5.41) is 9.45. The molecule has 0 aliphatic heterocycles. The first-order chi connectivity index (χ1) is 27.2. The van der Waals surface area contributed by atoms with Crippen LogP contribution in [0, 0.1) is 0 Å². The van der Waals surface area contributed by atoms with Crippen LogP contribution < -0.4 is 0 Å². The third-order valence-electron chi connectivity index (χ3n) is 10.6. The highest BCUT2D eigenvalue weighted by Gasteiger charge is 2.17. The third kappa shape index (κ3) is 5.33. The van der Waals surface area contributed by atoms with E-state index in [1.807, 2.05) is 36.4 Å². The highest BCUT2D eigenvalue weighted by atomic mass is 16.3. The van der Waals surface area contributed by atoms with Gasteiger partial charge in [0.25, 0.3) is 0 Å². The van der Waals surface area contributed by atoms with Crippen LogP contribution in [0.4, 0.5) is 0 Å². The van der Waals surface area contributed by atoms with E-state index in [1.54, 1.807) is 6.20 Å². The number of nitrogens with zero attached hydrogens (tertiary/aromatic N) is 4. The number of rotatable bonds is 5. The molecule has 11 aromatic rings. The fourth-order valence-corrected chi connectivity index (χ4v) is 7.88. The largest absolute Gasteiger partial charge is 0.456 e. The zero-order valence-corrected chi connectivity index (χ0v) is 29.5. The van der Waals surface area contributed by atoms with E-state index >= 15 is 0 Å². The topological polar surface area (TPSA) is 64.7 Å². The maximum absolute atomic E-state index is 6.63. The van der Waals surface area contributed by atoms with Gasteiger partial charge >= 0.3 is 0 Å². The van der Waals surface area contributed by atoms with E-state index < -0.39 is 0 Å². The first-order valence-electron chi connectivity index (χ1n) is 18.4. The first kappa shape index (κ1) is 31.1. The lowest BCUT2D eigenvalue weighted by molar-refractivity contribution is 0.669. The molecule has 0 atom stereocenters. The van der Waals surface area contributed by atoms with E-state index in [2.05, 4.69) is 145 Å². The number of furan rings is 1. The summed E-state index contributed by atoms with van der Waals surface area (Å²) in [6, 6.07) is 61.2. The van der Waals surface area contributed by atoms with Crippen molar-refractivity contribution in [3.63, 3.8) is 0 Å². The van der Waals surface area contributed by atoms with Gasteiger partial charge in [-0.2, -0.15) is 0 Å². The molecule has 5 heteroatoms.